The fraction of sp³-hybridized carbons (Fsp3) is 0.0625. The van der Waals surface area contributed by atoms with E-state index in [-0.39, 0.29) is 23.8 Å². The van der Waals surface area contributed by atoms with E-state index in [4.69, 9.17) is 23.2 Å². The van der Waals surface area contributed by atoms with Crippen LogP contribution in [-0.2, 0) is 6.42 Å². The fourth-order valence-corrected chi connectivity index (χ4v) is 2.56. The van der Waals surface area contributed by atoms with Crippen LogP contribution in [0, 0.1) is 0 Å². The van der Waals surface area contributed by atoms with Crippen LogP contribution in [-0.4, -0.2) is 20.3 Å². The van der Waals surface area contributed by atoms with Crippen molar-refractivity contribution >= 4 is 34.8 Å². The summed E-state index contributed by atoms with van der Waals surface area (Å²) in [4.78, 5) is 14.8. The molecule has 0 aliphatic carbocycles. The molecule has 0 spiro atoms. The summed E-state index contributed by atoms with van der Waals surface area (Å²) in [6.45, 7) is 0. The molecule has 0 radical (unpaired) electrons. The third kappa shape index (κ3) is 3.67. The summed E-state index contributed by atoms with van der Waals surface area (Å²) in [5.41, 5.74) is 0.967. The highest BCUT2D eigenvalue weighted by atomic mass is 35.5. The van der Waals surface area contributed by atoms with Gasteiger partial charge in [-0.2, -0.15) is 0 Å². The number of benzene rings is 2. The molecule has 0 fully saturated rings. The van der Waals surface area contributed by atoms with E-state index < -0.39 is 5.56 Å². The van der Waals surface area contributed by atoms with E-state index in [1.807, 2.05) is 0 Å². The SMILES string of the molecule is O=c1[nH]c(Nc2ccccc2O)nnc1Cc1ccc(Cl)cc1Cl. The van der Waals surface area contributed by atoms with Crippen LogP contribution in [0.4, 0.5) is 11.6 Å². The molecular formula is C16H12Cl2N4O2. The first kappa shape index (κ1) is 16.3. The van der Waals surface area contributed by atoms with Crippen molar-refractivity contribution in [1.29, 1.82) is 0 Å². The average Bonchev–Trinajstić information content (AvgIpc) is 2.54. The molecule has 1 aromatic heterocycles. The van der Waals surface area contributed by atoms with Crippen molar-refractivity contribution in [3.63, 3.8) is 0 Å². The largest absolute Gasteiger partial charge is 0.506 e. The first-order valence-electron chi connectivity index (χ1n) is 6.98. The van der Waals surface area contributed by atoms with Crippen LogP contribution < -0.4 is 10.9 Å². The van der Waals surface area contributed by atoms with E-state index >= 15 is 0 Å². The van der Waals surface area contributed by atoms with E-state index in [1.165, 1.54) is 6.07 Å². The molecule has 0 unspecified atom stereocenters. The first-order valence-corrected chi connectivity index (χ1v) is 7.73. The molecule has 0 saturated carbocycles. The van der Waals surface area contributed by atoms with Crippen LogP contribution in [0.15, 0.2) is 47.3 Å². The summed E-state index contributed by atoms with van der Waals surface area (Å²) in [6, 6.07) is 11.6. The number of halogens is 2. The van der Waals surface area contributed by atoms with Crippen LogP contribution >= 0.6 is 23.2 Å². The number of para-hydroxylation sites is 2. The number of hydrogen-bond acceptors (Lipinski definition) is 5. The summed E-state index contributed by atoms with van der Waals surface area (Å²) < 4.78 is 0. The summed E-state index contributed by atoms with van der Waals surface area (Å²) in [7, 11) is 0. The van der Waals surface area contributed by atoms with E-state index in [1.54, 1.807) is 36.4 Å². The first-order chi connectivity index (χ1) is 11.5. The fourth-order valence-electron chi connectivity index (χ4n) is 2.08. The van der Waals surface area contributed by atoms with Crippen LogP contribution in [0.5, 0.6) is 5.75 Å². The van der Waals surface area contributed by atoms with Gasteiger partial charge in [-0.05, 0) is 29.8 Å². The number of aromatic nitrogens is 3. The number of H-pyrrole nitrogens is 1. The minimum Gasteiger partial charge on any atom is -0.506 e. The summed E-state index contributed by atoms with van der Waals surface area (Å²) >= 11 is 12.0. The Bertz CT molecular complexity index is 943. The van der Waals surface area contributed by atoms with Gasteiger partial charge in [0.1, 0.15) is 11.4 Å². The van der Waals surface area contributed by atoms with Gasteiger partial charge in [-0.1, -0.05) is 41.4 Å². The molecule has 1 heterocycles. The molecule has 0 bridgehead atoms. The summed E-state index contributed by atoms with van der Waals surface area (Å²) in [5.74, 6) is 0.171. The third-order valence-electron chi connectivity index (χ3n) is 3.29. The number of nitrogens with zero attached hydrogens (tertiary/aromatic N) is 2. The van der Waals surface area contributed by atoms with Crippen molar-refractivity contribution in [1.82, 2.24) is 15.2 Å². The van der Waals surface area contributed by atoms with Crippen LogP contribution in [0.3, 0.4) is 0 Å². The highest BCUT2D eigenvalue weighted by molar-refractivity contribution is 6.35. The highest BCUT2D eigenvalue weighted by Gasteiger charge is 2.10. The van der Waals surface area contributed by atoms with Gasteiger partial charge in [0.15, 0.2) is 0 Å². The molecule has 0 aliphatic rings. The van der Waals surface area contributed by atoms with Gasteiger partial charge < -0.3 is 10.4 Å². The van der Waals surface area contributed by atoms with E-state index in [0.717, 1.165) is 5.56 Å². The lowest BCUT2D eigenvalue weighted by molar-refractivity contribution is 0.477. The maximum Gasteiger partial charge on any atom is 0.274 e. The number of phenols is 1. The second-order valence-corrected chi connectivity index (χ2v) is 5.85. The van der Waals surface area contributed by atoms with Gasteiger partial charge in [0.25, 0.3) is 5.56 Å². The van der Waals surface area contributed by atoms with Crippen molar-refractivity contribution in [2.75, 3.05) is 5.32 Å². The molecule has 122 valence electrons. The molecule has 0 atom stereocenters. The molecule has 24 heavy (non-hydrogen) atoms. The minimum atomic E-state index is -0.395. The molecule has 3 N–H and O–H groups in total. The van der Waals surface area contributed by atoms with Crippen molar-refractivity contribution in [2.24, 2.45) is 0 Å². The Morgan fingerprint density at radius 2 is 1.92 bits per heavy atom. The standard InChI is InChI=1S/C16H12Cl2N4O2/c17-10-6-5-9(11(18)8-10)7-13-15(24)20-16(22-21-13)19-12-3-1-2-4-14(12)23/h1-6,8,23H,7H2,(H2,19,20,22,24). The number of aromatic amines is 1. The van der Waals surface area contributed by atoms with E-state index in [9.17, 15) is 9.90 Å². The zero-order valence-electron chi connectivity index (χ0n) is 12.3. The predicted octanol–water partition coefficient (Wildman–Crippen LogP) is 3.51. The van der Waals surface area contributed by atoms with Crippen LogP contribution in [0.25, 0.3) is 0 Å². The zero-order valence-corrected chi connectivity index (χ0v) is 13.8. The predicted molar refractivity (Wildman–Crippen MR) is 93.3 cm³/mol. The second kappa shape index (κ2) is 6.90. The van der Waals surface area contributed by atoms with Gasteiger partial charge in [-0.15, -0.1) is 10.2 Å². The third-order valence-corrected chi connectivity index (χ3v) is 3.88. The number of nitrogens with one attached hydrogen (secondary N) is 2. The Morgan fingerprint density at radius 3 is 2.62 bits per heavy atom. The normalized spacial score (nSPS) is 10.6. The monoisotopic (exact) mass is 362 g/mol. The topological polar surface area (TPSA) is 90.9 Å². The summed E-state index contributed by atoms with van der Waals surface area (Å²) in [6.07, 6.45) is 0.231. The molecule has 0 aliphatic heterocycles. The molecule has 2 aromatic carbocycles. The van der Waals surface area contributed by atoms with E-state index in [2.05, 4.69) is 20.5 Å². The lowest BCUT2D eigenvalue weighted by atomic mass is 10.1. The lowest BCUT2D eigenvalue weighted by Crippen LogP contribution is -2.19. The van der Waals surface area contributed by atoms with Crippen LogP contribution in [0.1, 0.15) is 11.3 Å². The van der Waals surface area contributed by atoms with Gasteiger partial charge in [-0.25, -0.2) is 0 Å². The smallest absolute Gasteiger partial charge is 0.274 e. The molecular weight excluding hydrogens is 351 g/mol. The van der Waals surface area contributed by atoms with Crippen LogP contribution in [0.2, 0.25) is 10.0 Å². The number of phenolic OH excluding ortho intramolecular Hbond substituents is 1. The molecule has 3 rings (SSSR count). The minimum absolute atomic E-state index is 0.0390. The molecule has 3 aromatic rings. The lowest BCUT2D eigenvalue weighted by Gasteiger charge is -2.07. The van der Waals surface area contributed by atoms with Gasteiger partial charge in [-0.3, -0.25) is 9.78 Å². The molecule has 8 heteroatoms. The average molecular weight is 363 g/mol. The van der Waals surface area contributed by atoms with Crippen molar-refractivity contribution in [3.05, 3.63) is 74.1 Å². The summed E-state index contributed by atoms with van der Waals surface area (Å²) in [5, 5.41) is 21.3. The Kier molecular flexibility index (Phi) is 4.69. The maximum absolute atomic E-state index is 12.2. The van der Waals surface area contributed by atoms with Crippen molar-refractivity contribution in [2.45, 2.75) is 6.42 Å². The van der Waals surface area contributed by atoms with E-state index in [0.29, 0.717) is 15.7 Å². The number of rotatable bonds is 4. The Morgan fingerprint density at radius 1 is 1.12 bits per heavy atom. The number of hydrogen-bond donors (Lipinski definition) is 3. The van der Waals surface area contributed by atoms with Gasteiger partial charge in [0, 0.05) is 16.5 Å². The molecule has 0 amide bonds. The van der Waals surface area contributed by atoms with Gasteiger partial charge in [0.05, 0.1) is 5.69 Å². The maximum atomic E-state index is 12.2. The molecule has 0 saturated heterocycles. The molecule has 6 nitrogen and oxygen atoms in total. The quantitative estimate of drug-likeness (QED) is 0.617. The number of anilines is 2. The number of aromatic hydroxyl groups is 1. The Balaban J connectivity index is 1.82. The second-order valence-electron chi connectivity index (χ2n) is 5.00. The Labute approximate surface area is 147 Å². The van der Waals surface area contributed by atoms with Gasteiger partial charge >= 0.3 is 0 Å². The van der Waals surface area contributed by atoms with Crippen molar-refractivity contribution in [3.8, 4) is 5.75 Å². The van der Waals surface area contributed by atoms with Crippen molar-refractivity contribution < 1.29 is 5.11 Å². The highest BCUT2D eigenvalue weighted by Crippen LogP contribution is 2.24. The zero-order chi connectivity index (χ0) is 17.1. The Hall–Kier alpha value is -2.57. The van der Waals surface area contributed by atoms with Gasteiger partial charge in [0.2, 0.25) is 5.95 Å².